The number of hydrogen-bond acceptors (Lipinski definition) is 3. The number of hydrogen-bond donors (Lipinski definition) is 2. The van der Waals surface area contributed by atoms with Crippen LogP contribution in [0.3, 0.4) is 0 Å². The molecule has 0 bridgehead atoms. The van der Waals surface area contributed by atoms with E-state index in [2.05, 4.69) is 15.6 Å². The molecule has 1 amide bonds. The maximum Gasteiger partial charge on any atom is 0.275 e. The van der Waals surface area contributed by atoms with Gasteiger partial charge in [-0.25, -0.2) is 4.98 Å². The largest absolute Gasteiger partial charge is 0.370 e. The molecule has 0 unspecified atom stereocenters. The number of aryl methyl sites for hydroxylation is 2. The van der Waals surface area contributed by atoms with Crippen molar-refractivity contribution in [1.82, 2.24) is 4.98 Å². The zero-order valence-electron chi connectivity index (χ0n) is 12.3. The maximum atomic E-state index is 12.3. The molecule has 1 aromatic carbocycles. The lowest BCUT2D eigenvalue weighted by Gasteiger charge is -2.10. The van der Waals surface area contributed by atoms with Gasteiger partial charge in [0.05, 0.1) is 5.02 Å². The van der Waals surface area contributed by atoms with Gasteiger partial charge < -0.3 is 10.6 Å². The van der Waals surface area contributed by atoms with Crippen LogP contribution in [0.5, 0.6) is 0 Å². The number of amides is 1. The van der Waals surface area contributed by atoms with E-state index in [1.54, 1.807) is 12.1 Å². The van der Waals surface area contributed by atoms with Crippen LogP contribution in [0.2, 0.25) is 5.02 Å². The molecule has 0 spiro atoms. The third-order valence-corrected chi connectivity index (χ3v) is 3.20. The molecule has 5 heteroatoms. The summed E-state index contributed by atoms with van der Waals surface area (Å²) in [6.45, 7) is 6.66. The summed E-state index contributed by atoms with van der Waals surface area (Å²) in [5.41, 5.74) is 3.13. The number of carbonyl (C=O) groups excluding carboxylic acids is 1. The molecule has 0 fully saturated rings. The first-order chi connectivity index (χ1) is 9.99. The number of anilines is 2. The van der Waals surface area contributed by atoms with Crippen molar-refractivity contribution in [2.24, 2.45) is 0 Å². The van der Waals surface area contributed by atoms with Gasteiger partial charge in [-0.15, -0.1) is 0 Å². The monoisotopic (exact) mass is 303 g/mol. The Morgan fingerprint density at radius 2 is 1.86 bits per heavy atom. The molecular formula is C16H18ClN3O. The van der Waals surface area contributed by atoms with E-state index in [1.165, 1.54) is 0 Å². The highest BCUT2D eigenvalue weighted by Crippen LogP contribution is 2.19. The number of halogens is 1. The topological polar surface area (TPSA) is 54.0 Å². The molecule has 0 saturated heterocycles. The number of carbonyl (C=O) groups is 1. The van der Waals surface area contributed by atoms with Crippen LogP contribution >= 0.6 is 11.6 Å². The average Bonchev–Trinajstić information content (AvgIpc) is 2.40. The van der Waals surface area contributed by atoms with E-state index < -0.39 is 0 Å². The van der Waals surface area contributed by atoms with E-state index in [1.807, 2.05) is 39.0 Å². The summed E-state index contributed by atoms with van der Waals surface area (Å²) in [7, 11) is 0. The molecule has 0 aliphatic rings. The summed E-state index contributed by atoms with van der Waals surface area (Å²) >= 11 is 6.07. The second kappa shape index (κ2) is 6.59. The predicted octanol–water partition coefficient (Wildman–Crippen LogP) is 4.04. The van der Waals surface area contributed by atoms with E-state index in [9.17, 15) is 4.79 Å². The van der Waals surface area contributed by atoms with Gasteiger partial charge in [-0.3, -0.25) is 4.79 Å². The van der Waals surface area contributed by atoms with Gasteiger partial charge in [0.1, 0.15) is 11.5 Å². The van der Waals surface area contributed by atoms with Crippen molar-refractivity contribution < 1.29 is 4.79 Å². The van der Waals surface area contributed by atoms with Gasteiger partial charge in [0.15, 0.2) is 0 Å². The minimum Gasteiger partial charge on any atom is -0.370 e. The molecule has 21 heavy (non-hydrogen) atoms. The number of nitrogens with zero attached hydrogens (tertiary/aromatic N) is 1. The Bertz CT molecular complexity index is 650. The van der Waals surface area contributed by atoms with Crippen molar-refractivity contribution in [3.05, 3.63) is 52.2 Å². The Labute approximate surface area is 129 Å². The van der Waals surface area contributed by atoms with E-state index in [-0.39, 0.29) is 11.6 Å². The van der Waals surface area contributed by atoms with E-state index in [0.29, 0.717) is 10.8 Å². The normalized spacial score (nSPS) is 10.3. The molecule has 4 nitrogen and oxygen atoms in total. The number of rotatable bonds is 4. The van der Waals surface area contributed by atoms with E-state index in [4.69, 9.17) is 11.6 Å². The number of pyridine rings is 1. The first-order valence-electron chi connectivity index (χ1n) is 6.79. The Balaban J connectivity index is 2.25. The van der Waals surface area contributed by atoms with Gasteiger partial charge in [-0.05, 0) is 56.2 Å². The molecule has 110 valence electrons. The molecule has 0 radical (unpaired) electrons. The third kappa shape index (κ3) is 3.95. The predicted molar refractivity (Wildman–Crippen MR) is 87.3 cm³/mol. The van der Waals surface area contributed by atoms with Gasteiger partial charge in [0.25, 0.3) is 5.91 Å². The molecule has 2 N–H and O–H groups in total. The van der Waals surface area contributed by atoms with Gasteiger partial charge in [-0.1, -0.05) is 17.7 Å². The van der Waals surface area contributed by atoms with Crippen molar-refractivity contribution >= 4 is 29.0 Å². The average molecular weight is 304 g/mol. The molecule has 0 saturated carbocycles. The van der Waals surface area contributed by atoms with Gasteiger partial charge >= 0.3 is 0 Å². The van der Waals surface area contributed by atoms with Gasteiger partial charge in [0, 0.05) is 12.2 Å². The lowest BCUT2D eigenvalue weighted by atomic mass is 10.1. The van der Waals surface area contributed by atoms with E-state index in [0.717, 1.165) is 23.4 Å². The first kappa shape index (κ1) is 15.3. The van der Waals surface area contributed by atoms with Crippen molar-refractivity contribution in [2.75, 3.05) is 17.2 Å². The molecule has 0 atom stereocenters. The van der Waals surface area contributed by atoms with Crippen LogP contribution in [0, 0.1) is 13.8 Å². The van der Waals surface area contributed by atoms with Gasteiger partial charge in [-0.2, -0.15) is 0 Å². The van der Waals surface area contributed by atoms with Crippen LogP contribution in [0.4, 0.5) is 11.5 Å². The van der Waals surface area contributed by atoms with Gasteiger partial charge in [0.2, 0.25) is 0 Å². The maximum absolute atomic E-state index is 12.3. The molecule has 0 aliphatic heterocycles. The second-order valence-corrected chi connectivity index (χ2v) is 5.29. The fourth-order valence-corrected chi connectivity index (χ4v) is 2.31. The smallest absolute Gasteiger partial charge is 0.275 e. The van der Waals surface area contributed by atoms with Crippen LogP contribution in [0.15, 0.2) is 30.3 Å². The molecule has 2 rings (SSSR count). The van der Waals surface area contributed by atoms with Crippen LogP contribution < -0.4 is 10.6 Å². The molecule has 2 aromatic rings. The minimum atomic E-state index is -0.315. The fourth-order valence-electron chi connectivity index (χ4n) is 2.12. The van der Waals surface area contributed by atoms with Crippen LogP contribution in [0.25, 0.3) is 0 Å². The highest BCUT2D eigenvalue weighted by Gasteiger charge is 2.13. The van der Waals surface area contributed by atoms with Crippen LogP contribution in [-0.4, -0.2) is 17.4 Å². The summed E-state index contributed by atoms with van der Waals surface area (Å²) < 4.78 is 0. The first-order valence-corrected chi connectivity index (χ1v) is 7.17. The van der Waals surface area contributed by atoms with Crippen molar-refractivity contribution in [3.8, 4) is 0 Å². The Morgan fingerprint density at radius 1 is 1.19 bits per heavy atom. The summed E-state index contributed by atoms with van der Waals surface area (Å²) in [5, 5.41) is 6.23. The molecule has 1 heterocycles. The second-order valence-electron chi connectivity index (χ2n) is 4.89. The Kier molecular flexibility index (Phi) is 4.81. The van der Waals surface area contributed by atoms with Crippen LogP contribution in [0.1, 0.15) is 28.5 Å². The molecular weight excluding hydrogens is 286 g/mol. The highest BCUT2D eigenvalue weighted by molar-refractivity contribution is 6.34. The zero-order chi connectivity index (χ0) is 15.4. The van der Waals surface area contributed by atoms with Crippen molar-refractivity contribution in [1.29, 1.82) is 0 Å². The highest BCUT2D eigenvalue weighted by atomic mass is 35.5. The Morgan fingerprint density at radius 3 is 2.48 bits per heavy atom. The lowest BCUT2D eigenvalue weighted by Crippen LogP contribution is -2.15. The quantitative estimate of drug-likeness (QED) is 0.896. The number of aromatic nitrogens is 1. The lowest BCUT2D eigenvalue weighted by molar-refractivity contribution is 0.102. The summed E-state index contributed by atoms with van der Waals surface area (Å²) in [6, 6.07) is 9.29. The Hall–Kier alpha value is -2.07. The molecule has 0 aliphatic carbocycles. The number of nitrogens with one attached hydrogen (secondary N) is 2. The van der Waals surface area contributed by atoms with Crippen molar-refractivity contribution in [2.45, 2.75) is 20.8 Å². The SMILES string of the molecule is CCNc1ccc(Cl)c(C(=O)Nc2cc(C)cc(C)c2)n1. The summed E-state index contributed by atoms with van der Waals surface area (Å²) in [5.74, 6) is 0.317. The zero-order valence-corrected chi connectivity index (χ0v) is 13.1. The molecule has 1 aromatic heterocycles. The summed E-state index contributed by atoms with van der Waals surface area (Å²) in [4.78, 5) is 16.6. The minimum absolute atomic E-state index is 0.217. The fraction of sp³-hybridized carbons (Fsp3) is 0.250. The van der Waals surface area contributed by atoms with Crippen molar-refractivity contribution in [3.63, 3.8) is 0 Å². The third-order valence-electron chi connectivity index (χ3n) is 2.90. The van der Waals surface area contributed by atoms with Crippen LogP contribution in [-0.2, 0) is 0 Å². The van der Waals surface area contributed by atoms with E-state index >= 15 is 0 Å². The standard InChI is InChI=1S/C16H18ClN3O/c1-4-18-14-6-5-13(17)15(20-14)16(21)19-12-8-10(2)7-11(3)9-12/h5-9H,4H2,1-3H3,(H,18,20)(H,19,21). The summed E-state index contributed by atoms with van der Waals surface area (Å²) in [6.07, 6.45) is 0. The number of benzene rings is 1.